The molecular weight excluding hydrogens is 284 g/mol. The van der Waals surface area contributed by atoms with Gasteiger partial charge in [-0.3, -0.25) is 4.79 Å². The molecule has 2 rings (SSSR count). The van der Waals surface area contributed by atoms with Crippen LogP contribution in [0.15, 0.2) is 0 Å². The number of hydrogen-bond donors (Lipinski definition) is 3. The molecular formula is C13H25ClN2O4. The predicted molar refractivity (Wildman–Crippen MR) is 77.0 cm³/mol. The van der Waals surface area contributed by atoms with Crippen molar-refractivity contribution >= 4 is 18.3 Å². The van der Waals surface area contributed by atoms with E-state index in [0.717, 1.165) is 26.0 Å². The first kappa shape index (κ1) is 17.7. The Morgan fingerprint density at radius 1 is 1.45 bits per heavy atom. The van der Waals surface area contributed by atoms with Gasteiger partial charge in [-0.15, -0.1) is 12.4 Å². The lowest BCUT2D eigenvalue weighted by molar-refractivity contribution is -0.122. The highest BCUT2D eigenvalue weighted by Gasteiger charge is 2.24. The Balaban J connectivity index is 0.00000200. The van der Waals surface area contributed by atoms with Gasteiger partial charge >= 0.3 is 0 Å². The van der Waals surface area contributed by atoms with Gasteiger partial charge in [0.25, 0.3) is 0 Å². The van der Waals surface area contributed by atoms with Crippen molar-refractivity contribution in [3.63, 3.8) is 0 Å². The average Bonchev–Trinajstić information content (AvgIpc) is 3.04. The van der Waals surface area contributed by atoms with Crippen LogP contribution in [0.4, 0.5) is 0 Å². The summed E-state index contributed by atoms with van der Waals surface area (Å²) in [5, 5.41) is 15.5. The molecule has 0 aromatic carbocycles. The van der Waals surface area contributed by atoms with Crippen LogP contribution in [-0.2, 0) is 14.3 Å². The zero-order valence-electron chi connectivity index (χ0n) is 11.7. The number of carbonyl (C=O) groups is 1. The monoisotopic (exact) mass is 308 g/mol. The number of amides is 1. The number of aliphatic hydroxyl groups excluding tert-OH is 1. The van der Waals surface area contributed by atoms with Gasteiger partial charge in [0.05, 0.1) is 25.4 Å². The number of nitrogens with one attached hydrogen (secondary N) is 2. The molecule has 20 heavy (non-hydrogen) atoms. The fraction of sp³-hybridized carbons (Fsp3) is 0.923. The van der Waals surface area contributed by atoms with Gasteiger partial charge in [0.2, 0.25) is 5.91 Å². The molecule has 0 bridgehead atoms. The van der Waals surface area contributed by atoms with E-state index < -0.39 is 0 Å². The van der Waals surface area contributed by atoms with Gasteiger partial charge in [0.1, 0.15) is 0 Å². The van der Waals surface area contributed by atoms with Crippen LogP contribution in [0.1, 0.15) is 19.3 Å². The second kappa shape index (κ2) is 9.52. The Kier molecular flexibility index (Phi) is 8.40. The molecule has 0 aromatic rings. The van der Waals surface area contributed by atoms with Crippen LogP contribution in [0.25, 0.3) is 0 Å². The van der Waals surface area contributed by atoms with Crippen molar-refractivity contribution in [2.75, 3.05) is 39.5 Å². The van der Waals surface area contributed by atoms with Crippen LogP contribution in [0.2, 0.25) is 0 Å². The van der Waals surface area contributed by atoms with E-state index >= 15 is 0 Å². The first-order valence-electron chi connectivity index (χ1n) is 7.10. The maximum Gasteiger partial charge on any atom is 0.222 e. The maximum atomic E-state index is 11.6. The molecule has 2 aliphatic heterocycles. The summed E-state index contributed by atoms with van der Waals surface area (Å²) in [7, 11) is 0. The summed E-state index contributed by atoms with van der Waals surface area (Å²) in [6.45, 7) is 3.74. The lowest BCUT2D eigenvalue weighted by Crippen LogP contribution is -2.34. The van der Waals surface area contributed by atoms with Gasteiger partial charge in [-0.25, -0.2) is 0 Å². The van der Waals surface area contributed by atoms with Crippen LogP contribution in [0.3, 0.4) is 0 Å². The highest BCUT2D eigenvalue weighted by atomic mass is 35.5. The fourth-order valence-corrected chi connectivity index (χ4v) is 2.42. The third-order valence-corrected chi connectivity index (χ3v) is 3.67. The Bertz CT molecular complexity index is 288. The fourth-order valence-electron chi connectivity index (χ4n) is 2.42. The van der Waals surface area contributed by atoms with Crippen LogP contribution >= 0.6 is 12.4 Å². The van der Waals surface area contributed by atoms with Gasteiger partial charge in [0, 0.05) is 38.6 Å². The van der Waals surface area contributed by atoms with Crippen molar-refractivity contribution < 1.29 is 19.4 Å². The number of carbonyl (C=O) groups excluding carboxylic acids is 1. The average molecular weight is 309 g/mol. The van der Waals surface area contributed by atoms with Crippen LogP contribution < -0.4 is 10.6 Å². The third kappa shape index (κ3) is 5.93. The van der Waals surface area contributed by atoms with Gasteiger partial charge in [-0.05, 0) is 12.8 Å². The minimum absolute atomic E-state index is 0. The molecule has 2 aliphatic rings. The first-order chi connectivity index (χ1) is 9.25. The van der Waals surface area contributed by atoms with Crippen molar-refractivity contribution in [2.45, 2.75) is 31.5 Å². The molecule has 7 heteroatoms. The molecule has 3 atom stereocenters. The maximum absolute atomic E-state index is 11.6. The number of ether oxygens (including phenoxy) is 2. The molecule has 0 spiro atoms. The molecule has 2 saturated heterocycles. The minimum Gasteiger partial charge on any atom is -0.391 e. The second-order valence-corrected chi connectivity index (χ2v) is 5.25. The zero-order chi connectivity index (χ0) is 13.5. The highest BCUT2D eigenvalue weighted by molar-refractivity contribution is 5.85. The topological polar surface area (TPSA) is 79.8 Å². The van der Waals surface area contributed by atoms with E-state index in [1.54, 1.807) is 0 Å². The summed E-state index contributed by atoms with van der Waals surface area (Å²) in [5.74, 6) is 0.100. The summed E-state index contributed by atoms with van der Waals surface area (Å²) < 4.78 is 10.9. The summed E-state index contributed by atoms with van der Waals surface area (Å²) in [6.07, 6.45) is 2.38. The van der Waals surface area contributed by atoms with Crippen molar-refractivity contribution in [3.8, 4) is 0 Å². The lowest BCUT2D eigenvalue weighted by Gasteiger charge is -2.14. The third-order valence-electron chi connectivity index (χ3n) is 3.67. The number of β-amino-alcohol motifs (C(OH)–C–C–N with tert-alkyl or cyclic N) is 1. The van der Waals surface area contributed by atoms with E-state index in [1.165, 1.54) is 0 Å². The number of hydrogen-bond acceptors (Lipinski definition) is 5. The van der Waals surface area contributed by atoms with E-state index in [2.05, 4.69) is 10.6 Å². The Morgan fingerprint density at radius 3 is 2.95 bits per heavy atom. The first-order valence-corrected chi connectivity index (χ1v) is 7.10. The summed E-state index contributed by atoms with van der Waals surface area (Å²) >= 11 is 0. The van der Waals surface area contributed by atoms with Crippen molar-refractivity contribution in [3.05, 3.63) is 0 Å². The number of aliphatic hydroxyl groups is 1. The van der Waals surface area contributed by atoms with Gasteiger partial charge < -0.3 is 25.2 Å². The highest BCUT2D eigenvalue weighted by Crippen LogP contribution is 2.12. The van der Waals surface area contributed by atoms with Crippen molar-refractivity contribution in [1.82, 2.24) is 10.6 Å². The summed E-state index contributed by atoms with van der Waals surface area (Å²) in [5.41, 5.74) is 0. The number of halogens is 1. The molecule has 3 unspecified atom stereocenters. The normalized spacial score (nSPS) is 29.1. The summed E-state index contributed by atoms with van der Waals surface area (Å²) in [6, 6.07) is 0. The molecule has 0 aliphatic carbocycles. The van der Waals surface area contributed by atoms with Crippen LogP contribution in [-0.4, -0.2) is 62.7 Å². The smallest absolute Gasteiger partial charge is 0.222 e. The molecule has 0 aromatic heterocycles. The standard InChI is InChI=1S/C13H24N2O4.ClH/c16-12-8-14-6-10(12)7-15-13(17)3-5-18-9-11-2-1-4-19-11;/h10-12,14,16H,1-9H2,(H,15,17);1H. The minimum atomic E-state index is -0.351. The van der Waals surface area contributed by atoms with E-state index in [0.29, 0.717) is 32.7 Å². The number of rotatable bonds is 7. The van der Waals surface area contributed by atoms with E-state index in [4.69, 9.17) is 9.47 Å². The molecule has 0 saturated carbocycles. The van der Waals surface area contributed by atoms with Crippen LogP contribution in [0, 0.1) is 5.92 Å². The molecule has 118 valence electrons. The van der Waals surface area contributed by atoms with E-state index in [-0.39, 0.29) is 36.4 Å². The molecule has 0 radical (unpaired) electrons. The lowest BCUT2D eigenvalue weighted by atomic mass is 10.1. The Morgan fingerprint density at radius 2 is 2.30 bits per heavy atom. The van der Waals surface area contributed by atoms with Gasteiger partial charge in [-0.1, -0.05) is 0 Å². The van der Waals surface area contributed by atoms with Crippen LogP contribution in [0.5, 0.6) is 0 Å². The molecule has 6 nitrogen and oxygen atoms in total. The second-order valence-electron chi connectivity index (χ2n) is 5.25. The van der Waals surface area contributed by atoms with Crippen molar-refractivity contribution in [2.24, 2.45) is 5.92 Å². The molecule has 2 fully saturated rings. The zero-order valence-corrected chi connectivity index (χ0v) is 12.5. The predicted octanol–water partition coefficient (Wildman–Crippen LogP) is -0.310. The van der Waals surface area contributed by atoms with Gasteiger partial charge in [-0.2, -0.15) is 0 Å². The Labute approximate surface area is 126 Å². The SMILES string of the molecule is Cl.O=C(CCOCC1CCCO1)NCC1CNCC1O. The summed E-state index contributed by atoms with van der Waals surface area (Å²) in [4.78, 5) is 11.6. The molecule has 3 N–H and O–H groups in total. The molecule has 2 heterocycles. The van der Waals surface area contributed by atoms with E-state index in [1.807, 2.05) is 0 Å². The van der Waals surface area contributed by atoms with Crippen molar-refractivity contribution in [1.29, 1.82) is 0 Å². The quantitative estimate of drug-likeness (QED) is 0.562. The van der Waals surface area contributed by atoms with E-state index in [9.17, 15) is 9.90 Å². The van der Waals surface area contributed by atoms with Gasteiger partial charge in [0.15, 0.2) is 0 Å². The Hall–Kier alpha value is -0.400. The molecule has 1 amide bonds. The largest absolute Gasteiger partial charge is 0.391 e.